The SMILES string of the molecule is CCCCCCNC(=O)C1CCCN(C(=O)C(C)n2c(=O)oc3ccccc32)C1. The Morgan fingerprint density at radius 1 is 1.24 bits per heavy atom. The molecule has 7 nitrogen and oxygen atoms in total. The number of nitrogens with one attached hydrogen (secondary N) is 1. The first-order chi connectivity index (χ1) is 14.0. The zero-order valence-corrected chi connectivity index (χ0v) is 17.4. The zero-order valence-electron chi connectivity index (χ0n) is 17.4. The van der Waals surface area contributed by atoms with E-state index >= 15 is 0 Å². The number of hydrogen-bond donors (Lipinski definition) is 1. The minimum Gasteiger partial charge on any atom is -0.408 e. The van der Waals surface area contributed by atoms with Gasteiger partial charge in [-0.15, -0.1) is 0 Å². The molecule has 0 bridgehead atoms. The first-order valence-corrected chi connectivity index (χ1v) is 10.7. The van der Waals surface area contributed by atoms with Gasteiger partial charge in [0.15, 0.2) is 5.58 Å². The number of unbranched alkanes of at least 4 members (excludes halogenated alkanes) is 3. The molecule has 2 aromatic rings. The summed E-state index contributed by atoms with van der Waals surface area (Å²) in [6, 6.07) is 6.41. The van der Waals surface area contributed by atoms with E-state index in [1.807, 2.05) is 6.07 Å². The molecule has 1 aliphatic heterocycles. The Morgan fingerprint density at radius 3 is 2.83 bits per heavy atom. The third-order valence-electron chi connectivity index (χ3n) is 5.70. The maximum absolute atomic E-state index is 13.1. The second-order valence-electron chi connectivity index (χ2n) is 7.86. The van der Waals surface area contributed by atoms with Gasteiger partial charge in [-0.1, -0.05) is 38.3 Å². The van der Waals surface area contributed by atoms with Crippen molar-refractivity contribution in [3.8, 4) is 0 Å². The van der Waals surface area contributed by atoms with Crippen LogP contribution >= 0.6 is 0 Å². The topological polar surface area (TPSA) is 84.5 Å². The lowest BCUT2D eigenvalue weighted by Gasteiger charge is -2.33. The number of piperidine rings is 1. The molecule has 158 valence electrons. The zero-order chi connectivity index (χ0) is 20.8. The Kier molecular flexibility index (Phi) is 7.12. The molecule has 1 aromatic carbocycles. The molecule has 7 heteroatoms. The lowest BCUT2D eigenvalue weighted by molar-refractivity contribution is -0.138. The van der Waals surface area contributed by atoms with E-state index in [0.717, 1.165) is 25.7 Å². The predicted octanol–water partition coefficient (Wildman–Crippen LogP) is 3.09. The number of para-hydroxylation sites is 2. The fourth-order valence-electron chi connectivity index (χ4n) is 4.02. The number of rotatable bonds is 8. The van der Waals surface area contributed by atoms with Gasteiger partial charge in [-0.2, -0.15) is 0 Å². The van der Waals surface area contributed by atoms with Gasteiger partial charge in [-0.25, -0.2) is 4.79 Å². The van der Waals surface area contributed by atoms with Crippen LogP contribution in [0.5, 0.6) is 0 Å². The highest BCUT2D eigenvalue weighted by molar-refractivity contribution is 5.84. The number of nitrogens with zero attached hydrogens (tertiary/aromatic N) is 2. The summed E-state index contributed by atoms with van der Waals surface area (Å²) >= 11 is 0. The van der Waals surface area contributed by atoms with E-state index in [1.165, 1.54) is 17.4 Å². The summed E-state index contributed by atoms with van der Waals surface area (Å²) in [5, 5.41) is 3.01. The summed E-state index contributed by atoms with van der Waals surface area (Å²) in [4.78, 5) is 39.6. The standard InChI is InChI=1S/C22H31N3O4/c1-3-4-5-8-13-23-20(26)17-10-9-14-24(15-17)21(27)16(2)25-18-11-6-7-12-19(18)29-22(25)28/h6-7,11-12,16-17H,3-5,8-10,13-15H2,1-2H3,(H,23,26). The van der Waals surface area contributed by atoms with Crippen LogP contribution in [0.1, 0.15) is 58.4 Å². The average molecular weight is 402 g/mol. The van der Waals surface area contributed by atoms with E-state index in [1.54, 1.807) is 30.0 Å². The van der Waals surface area contributed by atoms with Crippen molar-refractivity contribution in [3.05, 3.63) is 34.8 Å². The van der Waals surface area contributed by atoms with E-state index in [9.17, 15) is 14.4 Å². The van der Waals surface area contributed by atoms with Crippen molar-refractivity contribution in [3.63, 3.8) is 0 Å². The number of aromatic nitrogens is 1. The summed E-state index contributed by atoms with van der Waals surface area (Å²) in [7, 11) is 0. The van der Waals surface area contributed by atoms with Gasteiger partial charge in [-0.05, 0) is 38.3 Å². The van der Waals surface area contributed by atoms with Crippen LogP contribution < -0.4 is 11.1 Å². The summed E-state index contributed by atoms with van der Waals surface area (Å²) < 4.78 is 6.66. The highest BCUT2D eigenvalue weighted by Crippen LogP contribution is 2.22. The molecule has 1 fully saturated rings. The quantitative estimate of drug-likeness (QED) is 0.689. The van der Waals surface area contributed by atoms with Gasteiger partial charge in [0.25, 0.3) is 0 Å². The van der Waals surface area contributed by atoms with Crippen molar-refractivity contribution in [2.45, 2.75) is 58.4 Å². The van der Waals surface area contributed by atoms with Crippen LogP contribution in [0.3, 0.4) is 0 Å². The van der Waals surface area contributed by atoms with E-state index < -0.39 is 11.8 Å². The molecule has 2 atom stereocenters. The Hall–Kier alpha value is -2.57. The lowest BCUT2D eigenvalue weighted by Crippen LogP contribution is -2.47. The summed E-state index contributed by atoms with van der Waals surface area (Å²) in [6.07, 6.45) is 6.03. The fourth-order valence-corrected chi connectivity index (χ4v) is 4.02. The molecule has 1 aromatic heterocycles. The van der Waals surface area contributed by atoms with Crippen molar-refractivity contribution >= 4 is 22.9 Å². The maximum Gasteiger partial charge on any atom is 0.420 e. The largest absolute Gasteiger partial charge is 0.420 e. The van der Waals surface area contributed by atoms with Gasteiger partial charge in [-0.3, -0.25) is 14.2 Å². The van der Waals surface area contributed by atoms with Crippen LogP contribution in [0.15, 0.2) is 33.5 Å². The Balaban J connectivity index is 1.62. The van der Waals surface area contributed by atoms with Crippen molar-refractivity contribution in [2.75, 3.05) is 19.6 Å². The van der Waals surface area contributed by atoms with Crippen molar-refractivity contribution in [1.82, 2.24) is 14.8 Å². The lowest BCUT2D eigenvalue weighted by atomic mass is 9.96. The number of carbonyl (C=O) groups excluding carboxylic acids is 2. The van der Waals surface area contributed by atoms with Crippen LogP contribution in [-0.2, 0) is 9.59 Å². The van der Waals surface area contributed by atoms with Crippen LogP contribution in [0.25, 0.3) is 11.1 Å². The normalized spacial score (nSPS) is 18.0. The molecule has 1 saturated heterocycles. The molecule has 0 radical (unpaired) electrons. The van der Waals surface area contributed by atoms with Gasteiger partial charge in [0.2, 0.25) is 11.8 Å². The number of amides is 2. The Labute approximate surface area is 171 Å². The van der Waals surface area contributed by atoms with Gasteiger partial charge >= 0.3 is 5.76 Å². The third kappa shape index (κ3) is 4.89. The first kappa shape index (κ1) is 21.1. The smallest absolute Gasteiger partial charge is 0.408 e. The van der Waals surface area contributed by atoms with E-state index in [-0.39, 0.29) is 17.7 Å². The highest BCUT2D eigenvalue weighted by Gasteiger charge is 2.32. The number of carbonyl (C=O) groups is 2. The summed E-state index contributed by atoms with van der Waals surface area (Å²) in [6.45, 7) is 5.56. The second-order valence-corrected chi connectivity index (χ2v) is 7.86. The molecular weight excluding hydrogens is 370 g/mol. The van der Waals surface area contributed by atoms with Gasteiger partial charge < -0.3 is 14.6 Å². The number of oxazole rings is 1. The summed E-state index contributed by atoms with van der Waals surface area (Å²) in [5.41, 5.74) is 1.08. The molecule has 2 heterocycles. The van der Waals surface area contributed by atoms with E-state index in [0.29, 0.717) is 30.7 Å². The summed E-state index contributed by atoms with van der Waals surface area (Å²) in [5.74, 6) is -0.856. The molecule has 0 aliphatic carbocycles. The van der Waals surface area contributed by atoms with E-state index in [4.69, 9.17) is 4.42 Å². The first-order valence-electron chi connectivity index (χ1n) is 10.7. The number of fused-ring (bicyclic) bond motifs is 1. The van der Waals surface area contributed by atoms with Crippen LogP contribution in [0.4, 0.5) is 0 Å². The molecule has 1 N–H and O–H groups in total. The molecule has 0 saturated carbocycles. The Bertz CT molecular complexity index is 901. The molecule has 0 spiro atoms. The number of hydrogen-bond acceptors (Lipinski definition) is 4. The fraction of sp³-hybridized carbons (Fsp3) is 0.591. The molecule has 2 amide bonds. The van der Waals surface area contributed by atoms with E-state index in [2.05, 4.69) is 12.2 Å². The third-order valence-corrected chi connectivity index (χ3v) is 5.70. The highest BCUT2D eigenvalue weighted by atomic mass is 16.4. The van der Waals surface area contributed by atoms with Crippen molar-refractivity contribution in [2.24, 2.45) is 5.92 Å². The maximum atomic E-state index is 13.1. The minimum atomic E-state index is -0.679. The van der Waals surface area contributed by atoms with Crippen molar-refractivity contribution < 1.29 is 14.0 Å². The van der Waals surface area contributed by atoms with Crippen LogP contribution in [-0.4, -0.2) is 40.9 Å². The molecule has 2 unspecified atom stereocenters. The second kappa shape index (κ2) is 9.76. The van der Waals surface area contributed by atoms with Gasteiger partial charge in [0.05, 0.1) is 11.4 Å². The monoisotopic (exact) mass is 401 g/mol. The predicted molar refractivity (Wildman–Crippen MR) is 112 cm³/mol. The van der Waals surface area contributed by atoms with Gasteiger partial charge in [0.1, 0.15) is 6.04 Å². The number of likely N-dealkylation sites (tertiary alicyclic amines) is 1. The minimum absolute atomic E-state index is 0.0255. The van der Waals surface area contributed by atoms with Crippen LogP contribution in [0.2, 0.25) is 0 Å². The van der Waals surface area contributed by atoms with Crippen molar-refractivity contribution in [1.29, 1.82) is 0 Å². The molecule has 1 aliphatic rings. The number of benzene rings is 1. The molecule has 3 rings (SSSR count). The average Bonchev–Trinajstić information content (AvgIpc) is 3.08. The van der Waals surface area contributed by atoms with Crippen LogP contribution in [0, 0.1) is 5.92 Å². The molecule has 29 heavy (non-hydrogen) atoms. The Morgan fingerprint density at radius 2 is 2.03 bits per heavy atom. The van der Waals surface area contributed by atoms with Gasteiger partial charge in [0, 0.05) is 19.6 Å². The molecular formula is C22H31N3O4.